The summed E-state index contributed by atoms with van der Waals surface area (Å²) in [6, 6.07) is 17.1. The van der Waals surface area contributed by atoms with E-state index in [9.17, 15) is 0 Å². The van der Waals surface area contributed by atoms with Gasteiger partial charge in [-0.25, -0.2) is 0 Å². The first-order valence-electron chi connectivity index (χ1n) is 7.70. The SMILES string of the molecule is C[C@@H]1Nc2ccccc2N1c1cccc(N2C=CN[C@@H]2C)c1. The fourth-order valence-corrected chi connectivity index (χ4v) is 3.25. The highest BCUT2D eigenvalue weighted by atomic mass is 15.3. The number of nitrogens with zero attached hydrogens (tertiary/aromatic N) is 2. The van der Waals surface area contributed by atoms with Crippen LogP contribution >= 0.6 is 0 Å². The normalized spacial score (nSPS) is 22.5. The second-order valence-corrected chi connectivity index (χ2v) is 5.79. The highest BCUT2D eigenvalue weighted by molar-refractivity contribution is 5.83. The summed E-state index contributed by atoms with van der Waals surface area (Å²) >= 11 is 0. The number of anilines is 4. The van der Waals surface area contributed by atoms with Gasteiger partial charge in [0.15, 0.2) is 0 Å². The first-order valence-corrected chi connectivity index (χ1v) is 7.70. The largest absolute Gasteiger partial charge is 0.370 e. The van der Waals surface area contributed by atoms with Crippen molar-refractivity contribution in [2.75, 3.05) is 15.1 Å². The lowest BCUT2D eigenvalue weighted by molar-refractivity contribution is 0.684. The van der Waals surface area contributed by atoms with Crippen molar-refractivity contribution in [2.45, 2.75) is 26.2 Å². The Hall–Kier alpha value is -2.62. The summed E-state index contributed by atoms with van der Waals surface area (Å²) in [4.78, 5) is 4.58. The van der Waals surface area contributed by atoms with Crippen LogP contribution in [0.3, 0.4) is 0 Å². The monoisotopic (exact) mass is 292 g/mol. The Morgan fingerprint density at radius 3 is 2.55 bits per heavy atom. The van der Waals surface area contributed by atoms with Gasteiger partial charge in [-0.15, -0.1) is 0 Å². The lowest BCUT2D eigenvalue weighted by Crippen LogP contribution is -2.32. The second kappa shape index (κ2) is 4.98. The zero-order chi connectivity index (χ0) is 15.1. The lowest BCUT2D eigenvalue weighted by Gasteiger charge is -2.27. The third kappa shape index (κ3) is 1.99. The molecule has 0 unspecified atom stereocenters. The average molecular weight is 292 g/mol. The van der Waals surface area contributed by atoms with Gasteiger partial charge in [0, 0.05) is 23.8 Å². The molecule has 22 heavy (non-hydrogen) atoms. The van der Waals surface area contributed by atoms with Crippen molar-refractivity contribution in [2.24, 2.45) is 0 Å². The number of para-hydroxylation sites is 2. The number of hydrogen-bond acceptors (Lipinski definition) is 4. The molecular formula is C18H20N4. The van der Waals surface area contributed by atoms with E-state index in [4.69, 9.17) is 0 Å². The van der Waals surface area contributed by atoms with Gasteiger partial charge in [0.05, 0.1) is 17.5 Å². The van der Waals surface area contributed by atoms with Crippen LogP contribution in [0.15, 0.2) is 60.9 Å². The van der Waals surface area contributed by atoms with Gasteiger partial charge in [-0.05, 0) is 44.2 Å². The molecule has 0 amide bonds. The van der Waals surface area contributed by atoms with E-state index < -0.39 is 0 Å². The van der Waals surface area contributed by atoms with Crippen molar-refractivity contribution < 1.29 is 0 Å². The standard InChI is InChI=1S/C18H20N4/c1-13-19-10-11-21(13)15-6-5-7-16(12-15)22-14(2)20-17-8-3-4-9-18(17)22/h3-14,19-20H,1-2H3/t13-,14+/m0/s1. The molecule has 4 rings (SSSR count). The molecule has 0 fully saturated rings. The summed E-state index contributed by atoms with van der Waals surface area (Å²) in [6.07, 6.45) is 4.62. The molecule has 4 heteroatoms. The van der Waals surface area contributed by atoms with Gasteiger partial charge in [0.1, 0.15) is 6.17 Å². The molecule has 0 aliphatic carbocycles. The number of nitrogens with one attached hydrogen (secondary N) is 2. The molecule has 0 saturated heterocycles. The second-order valence-electron chi connectivity index (χ2n) is 5.79. The summed E-state index contributed by atoms with van der Waals surface area (Å²) in [5, 5.41) is 6.83. The third-order valence-corrected chi connectivity index (χ3v) is 4.31. The zero-order valence-corrected chi connectivity index (χ0v) is 12.8. The maximum Gasteiger partial charge on any atom is 0.101 e. The van der Waals surface area contributed by atoms with Gasteiger partial charge >= 0.3 is 0 Å². The highest BCUT2D eigenvalue weighted by Gasteiger charge is 2.26. The van der Waals surface area contributed by atoms with Crippen molar-refractivity contribution in [3.8, 4) is 0 Å². The summed E-state index contributed by atoms with van der Waals surface area (Å²) in [7, 11) is 0. The van der Waals surface area contributed by atoms with Gasteiger partial charge in [0.2, 0.25) is 0 Å². The van der Waals surface area contributed by atoms with Crippen molar-refractivity contribution in [1.82, 2.24) is 5.32 Å². The van der Waals surface area contributed by atoms with Crippen LogP contribution in [0.2, 0.25) is 0 Å². The topological polar surface area (TPSA) is 30.5 Å². The maximum atomic E-state index is 3.53. The van der Waals surface area contributed by atoms with E-state index in [1.807, 2.05) is 6.20 Å². The Labute approximate surface area is 131 Å². The predicted molar refractivity (Wildman–Crippen MR) is 92.3 cm³/mol. The fourth-order valence-electron chi connectivity index (χ4n) is 3.25. The molecule has 2 aromatic rings. The molecule has 0 aromatic heterocycles. The lowest BCUT2D eigenvalue weighted by atomic mass is 10.2. The molecular weight excluding hydrogens is 272 g/mol. The Morgan fingerprint density at radius 2 is 1.73 bits per heavy atom. The van der Waals surface area contributed by atoms with Gasteiger partial charge in [-0.3, -0.25) is 0 Å². The van der Waals surface area contributed by atoms with Gasteiger partial charge in [-0.1, -0.05) is 18.2 Å². The van der Waals surface area contributed by atoms with Gasteiger partial charge in [-0.2, -0.15) is 0 Å². The fraction of sp³-hybridized carbons (Fsp3) is 0.222. The van der Waals surface area contributed by atoms with E-state index in [1.165, 1.54) is 22.7 Å². The van der Waals surface area contributed by atoms with E-state index in [0.29, 0.717) is 0 Å². The summed E-state index contributed by atoms with van der Waals surface area (Å²) in [6.45, 7) is 4.34. The minimum atomic E-state index is 0.248. The minimum absolute atomic E-state index is 0.248. The van der Waals surface area contributed by atoms with Crippen LogP contribution in [0.4, 0.5) is 22.7 Å². The summed E-state index contributed by atoms with van der Waals surface area (Å²) in [5.74, 6) is 0. The van der Waals surface area contributed by atoms with E-state index in [2.05, 4.69) is 89.0 Å². The Kier molecular flexibility index (Phi) is 2.96. The number of rotatable bonds is 2. The summed E-state index contributed by atoms with van der Waals surface area (Å²) in [5.41, 5.74) is 4.82. The van der Waals surface area contributed by atoms with Gasteiger partial charge in [0.25, 0.3) is 0 Å². The molecule has 112 valence electrons. The quantitative estimate of drug-likeness (QED) is 0.881. The van der Waals surface area contributed by atoms with E-state index in [0.717, 1.165) is 0 Å². The predicted octanol–water partition coefficient (Wildman–Crippen LogP) is 3.82. The van der Waals surface area contributed by atoms with Crippen LogP contribution in [0.25, 0.3) is 0 Å². The first-order chi connectivity index (χ1) is 10.7. The zero-order valence-electron chi connectivity index (χ0n) is 12.8. The minimum Gasteiger partial charge on any atom is -0.370 e. The molecule has 2 aromatic carbocycles. The molecule has 4 nitrogen and oxygen atoms in total. The molecule has 0 saturated carbocycles. The van der Waals surface area contributed by atoms with Crippen LogP contribution in [0.5, 0.6) is 0 Å². The Bertz CT molecular complexity index is 725. The van der Waals surface area contributed by atoms with Crippen LogP contribution in [-0.4, -0.2) is 12.3 Å². The molecule has 2 aliphatic rings. The third-order valence-electron chi connectivity index (χ3n) is 4.31. The van der Waals surface area contributed by atoms with Crippen molar-refractivity contribution in [1.29, 1.82) is 0 Å². The van der Waals surface area contributed by atoms with E-state index >= 15 is 0 Å². The molecule has 0 bridgehead atoms. The molecule has 2 N–H and O–H groups in total. The van der Waals surface area contributed by atoms with Crippen molar-refractivity contribution in [3.05, 3.63) is 60.9 Å². The Balaban J connectivity index is 1.73. The van der Waals surface area contributed by atoms with Crippen LogP contribution < -0.4 is 20.4 Å². The Morgan fingerprint density at radius 1 is 0.909 bits per heavy atom. The number of fused-ring (bicyclic) bond motifs is 1. The summed E-state index contributed by atoms with van der Waals surface area (Å²) < 4.78 is 0. The van der Waals surface area contributed by atoms with Gasteiger partial charge < -0.3 is 20.4 Å². The number of hydrogen-bond donors (Lipinski definition) is 2. The van der Waals surface area contributed by atoms with Crippen molar-refractivity contribution >= 4 is 22.7 Å². The first kappa shape index (κ1) is 13.1. The molecule has 0 radical (unpaired) electrons. The molecule has 0 spiro atoms. The average Bonchev–Trinajstić information content (AvgIpc) is 3.09. The maximum absolute atomic E-state index is 3.53. The molecule has 2 atom stereocenters. The smallest absolute Gasteiger partial charge is 0.101 e. The van der Waals surface area contributed by atoms with Crippen LogP contribution in [0, 0.1) is 0 Å². The highest BCUT2D eigenvalue weighted by Crippen LogP contribution is 2.40. The van der Waals surface area contributed by atoms with Crippen molar-refractivity contribution in [3.63, 3.8) is 0 Å². The van der Waals surface area contributed by atoms with Crippen LogP contribution in [0.1, 0.15) is 13.8 Å². The van der Waals surface area contributed by atoms with Crippen LogP contribution in [-0.2, 0) is 0 Å². The molecule has 2 heterocycles. The molecule has 2 aliphatic heterocycles. The van der Waals surface area contributed by atoms with E-state index in [1.54, 1.807) is 0 Å². The van der Waals surface area contributed by atoms with E-state index in [-0.39, 0.29) is 12.3 Å². The number of benzene rings is 2.